The Morgan fingerprint density at radius 1 is 1.18 bits per heavy atom. The Bertz CT molecular complexity index is 930. The van der Waals surface area contributed by atoms with Crippen molar-refractivity contribution in [3.63, 3.8) is 0 Å². The maximum absolute atomic E-state index is 12.9. The molecule has 0 N–H and O–H groups in total. The lowest BCUT2D eigenvalue weighted by Crippen LogP contribution is -2.43. The van der Waals surface area contributed by atoms with Crippen molar-refractivity contribution in [3.8, 4) is 11.5 Å². The van der Waals surface area contributed by atoms with Gasteiger partial charge in [0.25, 0.3) is 5.91 Å². The van der Waals surface area contributed by atoms with Crippen molar-refractivity contribution in [2.75, 3.05) is 25.2 Å². The van der Waals surface area contributed by atoms with Gasteiger partial charge in [-0.25, -0.2) is 8.42 Å². The van der Waals surface area contributed by atoms with E-state index in [9.17, 15) is 13.2 Å². The maximum Gasteiger partial charge on any atom is 0.261 e. The number of carbonyl (C=O) groups excluding carboxylic acids is 1. The molecule has 2 aromatic carbocycles. The Balaban J connectivity index is 1.74. The number of rotatable bonds is 7. The number of carbonyl (C=O) groups is 1. The number of benzene rings is 2. The molecule has 150 valence electrons. The van der Waals surface area contributed by atoms with Crippen LogP contribution in [0.5, 0.6) is 11.5 Å². The maximum atomic E-state index is 12.9. The molecule has 6 nitrogen and oxygen atoms in total. The van der Waals surface area contributed by atoms with Crippen molar-refractivity contribution < 1.29 is 22.7 Å². The van der Waals surface area contributed by atoms with Crippen molar-refractivity contribution >= 4 is 27.3 Å². The van der Waals surface area contributed by atoms with Crippen LogP contribution in [0.3, 0.4) is 0 Å². The predicted octanol–water partition coefficient (Wildman–Crippen LogP) is 2.94. The quantitative estimate of drug-likeness (QED) is 0.684. The smallest absolute Gasteiger partial charge is 0.261 e. The Morgan fingerprint density at radius 3 is 2.57 bits per heavy atom. The van der Waals surface area contributed by atoms with Gasteiger partial charge < -0.3 is 14.4 Å². The van der Waals surface area contributed by atoms with Gasteiger partial charge >= 0.3 is 0 Å². The second-order valence-corrected chi connectivity index (χ2v) is 9.34. The highest BCUT2D eigenvalue weighted by Gasteiger charge is 2.34. The molecule has 3 rings (SSSR count). The minimum atomic E-state index is -3.13. The minimum Gasteiger partial charge on any atom is -0.497 e. The number of amides is 1. The van der Waals surface area contributed by atoms with E-state index < -0.39 is 9.84 Å². The van der Waals surface area contributed by atoms with Gasteiger partial charge in [-0.15, -0.1) is 0 Å². The van der Waals surface area contributed by atoms with E-state index in [2.05, 4.69) is 0 Å². The molecule has 1 aliphatic heterocycles. The summed E-state index contributed by atoms with van der Waals surface area (Å²) in [7, 11) is -1.55. The van der Waals surface area contributed by atoms with E-state index in [4.69, 9.17) is 21.1 Å². The number of halogens is 1. The summed E-state index contributed by atoms with van der Waals surface area (Å²) in [6, 6.07) is 13.7. The summed E-state index contributed by atoms with van der Waals surface area (Å²) in [6.07, 6.45) is 0.430. The Kier molecular flexibility index (Phi) is 6.46. The average Bonchev–Trinajstić information content (AvgIpc) is 3.05. The highest BCUT2D eigenvalue weighted by Crippen LogP contribution is 2.22. The average molecular weight is 424 g/mol. The Hall–Kier alpha value is -2.25. The zero-order valence-corrected chi connectivity index (χ0v) is 17.1. The summed E-state index contributed by atoms with van der Waals surface area (Å²) < 4.78 is 34.7. The van der Waals surface area contributed by atoms with Crippen molar-refractivity contribution in [2.45, 2.75) is 19.0 Å². The number of methoxy groups -OCH3 is 1. The SMILES string of the molecule is COc1cccc(CN(C(=O)COc2ccc(Cl)cc2)[C@H]2CCS(=O)(=O)C2)c1. The van der Waals surface area contributed by atoms with Crippen molar-refractivity contribution in [3.05, 3.63) is 59.1 Å². The molecule has 0 radical (unpaired) electrons. The number of sulfone groups is 1. The van der Waals surface area contributed by atoms with Crippen LogP contribution in [0.4, 0.5) is 0 Å². The fourth-order valence-corrected chi connectivity index (χ4v) is 5.03. The molecule has 1 aliphatic rings. The molecule has 1 amide bonds. The van der Waals surface area contributed by atoms with E-state index in [0.29, 0.717) is 29.5 Å². The van der Waals surface area contributed by atoms with Crippen molar-refractivity contribution in [1.29, 1.82) is 0 Å². The van der Waals surface area contributed by atoms with E-state index >= 15 is 0 Å². The Labute approximate surface area is 169 Å². The largest absolute Gasteiger partial charge is 0.497 e. The highest BCUT2D eigenvalue weighted by atomic mass is 35.5. The molecule has 0 unspecified atom stereocenters. The van der Waals surface area contributed by atoms with Crippen LogP contribution in [0.2, 0.25) is 5.02 Å². The van der Waals surface area contributed by atoms with E-state index in [0.717, 1.165) is 5.56 Å². The first-order valence-electron chi connectivity index (χ1n) is 8.87. The van der Waals surface area contributed by atoms with Crippen LogP contribution >= 0.6 is 11.6 Å². The van der Waals surface area contributed by atoms with Crippen LogP contribution in [0.1, 0.15) is 12.0 Å². The fourth-order valence-electron chi connectivity index (χ4n) is 3.17. The monoisotopic (exact) mass is 423 g/mol. The molecular formula is C20H22ClNO5S. The lowest BCUT2D eigenvalue weighted by atomic mass is 10.1. The van der Waals surface area contributed by atoms with Gasteiger partial charge in [-0.2, -0.15) is 0 Å². The number of hydrogen-bond acceptors (Lipinski definition) is 5. The molecule has 0 spiro atoms. The topological polar surface area (TPSA) is 72.9 Å². The first-order chi connectivity index (χ1) is 13.4. The lowest BCUT2D eigenvalue weighted by Gasteiger charge is -2.28. The normalized spacial score (nSPS) is 17.9. The van der Waals surface area contributed by atoms with Gasteiger partial charge in [-0.1, -0.05) is 23.7 Å². The molecule has 1 fully saturated rings. The van der Waals surface area contributed by atoms with Crippen LogP contribution in [-0.2, 0) is 21.2 Å². The van der Waals surface area contributed by atoms with Gasteiger partial charge in [0.05, 0.1) is 18.6 Å². The highest BCUT2D eigenvalue weighted by molar-refractivity contribution is 7.91. The van der Waals surface area contributed by atoms with E-state index in [1.54, 1.807) is 36.3 Å². The second-order valence-electron chi connectivity index (χ2n) is 6.67. The summed E-state index contributed by atoms with van der Waals surface area (Å²) >= 11 is 5.85. The van der Waals surface area contributed by atoms with Crippen LogP contribution in [0, 0.1) is 0 Å². The van der Waals surface area contributed by atoms with Gasteiger partial charge in [0, 0.05) is 17.6 Å². The molecule has 0 saturated carbocycles. The predicted molar refractivity (Wildman–Crippen MR) is 108 cm³/mol. The molecule has 0 aliphatic carbocycles. The molecule has 1 atom stereocenters. The van der Waals surface area contributed by atoms with Gasteiger partial charge in [-0.3, -0.25) is 4.79 Å². The molecule has 0 bridgehead atoms. The van der Waals surface area contributed by atoms with Gasteiger partial charge in [-0.05, 0) is 48.4 Å². The molecule has 8 heteroatoms. The van der Waals surface area contributed by atoms with Crippen molar-refractivity contribution in [2.24, 2.45) is 0 Å². The lowest BCUT2D eigenvalue weighted by molar-refractivity contribution is -0.136. The van der Waals surface area contributed by atoms with Crippen LogP contribution in [0.25, 0.3) is 0 Å². The van der Waals surface area contributed by atoms with Gasteiger partial charge in [0.1, 0.15) is 11.5 Å². The zero-order chi connectivity index (χ0) is 20.1. The van der Waals surface area contributed by atoms with Crippen LogP contribution in [-0.4, -0.2) is 50.5 Å². The van der Waals surface area contributed by atoms with Gasteiger partial charge in [0.15, 0.2) is 16.4 Å². The molecule has 2 aromatic rings. The standard InChI is InChI=1S/C20H22ClNO5S/c1-26-19-4-2-3-15(11-19)12-22(17-9-10-28(24,25)14-17)20(23)13-27-18-7-5-16(21)6-8-18/h2-8,11,17H,9-10,12-14H2,1H3/t17-/m0/s1. The third-order valence-corrected chi connectivity index (χ3v) is 6.63. The summed E-state index contributed by atoms with van der Waals surface area (Å²) in [4.78, 5) is 14.5. The molecule has 28 heavy (non-hydrogen) atoms. The van der Waals surface area contributed by atoms with E-state index in [1.807, 2.05) is 24.3 Å². The fraction of sp³-hybridized carbons (Fsp3) is 0.350. The molecular weight excluding hydrogens is 402 g/mol. The second kappa shape index (κ2) is 8.84. The number of nitrogens with zero attached hydrogens (tertiary/aromatic N) is 1. The molecule has 1 saturated heterocycles. The minimum absolute atomic E-state index is 0.0242. The number of hydrogen-bond donors (Lipinski definition) is 0. The van der Waals surface area contributed by atoms with Gasteiger partial charge in [0.2, 0.25) is 0 Å². The Morgan fingerprint density at radius 2 is 1.93 bits per heavy atom. The molecule has 0 aromatic heterocycles. The summed E-state index contributed by atoms with van der Waals surface area (Å²) in [6.45, 7) is 0.113. The third kappa shape index (κ3) is 5.39. The zero-order valence-electron chi connectivity index (χ0n) is 15.5. The molecule has 1 heterocycles. The van der Waals surface area contributed by atoms with E-state index in [-0.39, 0.29) is 30.1 Å². The summed E-state index contributed by atoms with van der Waals surface area (Å²) in [5, 5.41) is 0.578. The number of ether oxygens (including phenoxy) is 2. The first kappa shape index (κ1) is 20.5. The van der Waals surface area contributed by atoms with Crippen LogP contribution < -0.4 is 9.47 Å². The van der Waals surface area contributed by atoms with E-state index in [1.165, 1.54) is 0 Å². The summed E-state index contributed by atoms with van der Waals surface area (Å²) in [5.41, 5.74) is 0.864. The van der Waals surface area contributed by atoms with Crippen LogP contribution in [0.15, 0.2) is 48.5 Å². The first-order valence-corrected chi connectivity index (χ1v) is 11.1. The summed E-state index contributed by atoms with van der Waals surface area (Å²) in [5.74, 6) is 1.01. The third-order valence-electron chi connectivity index (χ3n) is 4.63. The van der Waals surface area contributed by atoms with Crippen molar-refractivity contribution in [1.82, 2.24) is 4.90 Å².